The molecule has 7 nitrogen and oxygen atoms in total. The summed E-state index contributed by atoms with van der Waals surface area (Å²) in [7, 11) is 0. The van der Waals surface area contributed by atoms with Gasteiger partial charge in [-0.3, -0.25) is 19.7 Å². The largest absolute Gasteiger partial charge is 0.455 e. The number of benzene rings is 2. The van der Waals surface area contributed by atoms with Crippen LogP contribution >= 0.6 is 11.6 Å². The number of carbonyl (C=O) groups is 2. The van der Waals surface area contributed by atoms with Gasteiger partial charge in [-0.1, -0.05) is 17.7 Å². The van der Waals surface area contributed by atoms with Crippen molar-refractivity contribution in [3.63, 3.8) is 0 Å². The Morgan fingerprint density at radius 1 is 1.21 bits per heavy atom. The van der Waals surface area contributed by atoms with Crippen molar-refractivity contribution in [2.24, 2.45) is 0 Å². The molecular weight excluding hydrogens is 424 g/mol. The minimum absolute atomic E-state index is 0.0215. The molecule has 2 aromatic carbocycles. The maximum absolute atomic E-state index is 13.6. The molecule has 0 radical (unpaired) electrons. The molecule has 0 aromatic heterocycles. The summed E-state index contributed by atoms with van der Waals surface area (Å²) >= 11 is 5.76. The third kappa shape index (κ3) is 5.88. The van der Waals surface area contributed by atoms with Gasteiger partial charge >= 0.3 is 12.1 Å². The third-order valence-corrected chi connectivity index (χ3v) is 3.90. The number of nitro groups is 1. The first-order valence-corrected chi connectivity index (χ1v) is 8.11. The Morgan fingerprint density at radius 2 is 1.90 bits per heavy atom. The van der Waals surface area contributed by atoms with Gasteiger partial charge in [0.25, 0.3) is 11.6 Å². The highest BCUT2D eigenvalue weighted by Crippen LogP contribution is 2.34. The summed E-state index contributed by atoms with van der Waals surface area (Å²) in [4.78, 5) is 33.4. The van der Waals surface area contributed by atoms with Crippen LogP contribution < -0.4 is 5.32 Å². The number of halogens is 5. The quantitative estimate of drug-likeness (QED) is 0.319. The molecule has 0 saturated carbocycles. The van der Waals surface area contributed by atoms with Crippen molar-refractivity contribution < 1.29 is 36.8 Å². The van der Waals surface area contributed by atoms with Crippen LogP contribution in [0.4, 0.5) is 28.9 Å². The summed E-state index contributed by atoms with van der Waals surface area (Å²) in [6, 6.07) is 5.28. The first-order chi connectivity index (χ1) is 13.5. The van der Waals surface area contributed by atoms with Gasteiger partial charge in [-0.2, -0.15) is 13.2 Å². The van der Waals surface area contributed by atoms with E-state index in [4.69, 9.17) is 11.6 Å². The number of anilines is 1. The van der Waals surface area contributed by atoms with Gasteiger partial charge in [-0.05, 0) is 24.3 Å². The van der Waals surface area contributed by atoms with Gasteiger partial charge in [0.05, 0.1) is 16.9 Å². The zero-order valence-corrected chi connectivity index (χ0v) is 15.0. The molecule has 0 bridgehead atoms. The zero-order valence-electron chi connectivity index (χ0n) is 14.3. The number of carbonyl (C=O) groups excluding carboxylic acids is 2. The molecule has 1 amide bonds. The molecule has 0 heterocycles. The normalized spacial score (nSPS) is 11.1. The predicted molar refractivity (Wildman–Crippen MR) is 92.8 cm³/mol. The topological polar surface area (TPSA) is 98.5 Å². The molecule has 0 spiro atoms. The smallest absolute Gasteiger partial charge is 0.416 e. The molecule has 0 aliphatic rings. The molecule has 0 aliphatic heterocycles. The summed E-state index contributed by atoms with van der Waals surface area (Å²) in [5.41, 5.74) is -2.91. The van der Waals surface area contributed by atoms with Crippen molar-refractivity contribution in [2.45, 2.75) is 12.6 Å². The first kappa shape index (κ1) is 22.1. The first-order valence-electron chi connectivity index (χ1n) is 7.73. The Balaban J connectivity index is 2.02. The average molecular weight is 435 g/mol. The van der Waals surface area contributed by atoms with Crippen molar-refractivity contribution >= 4 is 34.9 Å². The molecular formula is C17H11ClF4N2O5. The Hall–Kier alpha value is -3.21. The van der Waals surface area contributed by atoms with E-state index in [-0.39, 0.29) is 16.7 Å². The second kappa shape index (κ2) is 8.86. The molecule has 2 aromatic rings. The highest BCUT2D eigenvalue weighted by Gasteiger charge is 2.33. The van der Waals surface area contributed by atoms with E-state index in [1.54, 1.807) is 0 Å². The third-order valence-electron chi connectivity index (χ3n) is 3.54. The Kier molecular flexibility index (Phi) is 6.75. The van der Waals surface area contributed by atoms with E-state index in [2.05, 4.69) is 4.74 Å². The van der Waals surface area contributed by atoms with Crippen LogP contribution in [0.2, 0.25) is 5.02 Å². The van der Waals surface area contributed by atoms with Crippen LogP contribution in [0.15, 0.2) is 36.4 Å². The van der Waals surface area contributed by atoms with Gasteiger partial charge in [-0.15, -0.1) is 0 Å². The van der Waals surface area contributed by atoms with Gasteiger partial charge in [0.15, 0.2) is 6.61 Å². The molecule has 0 aliphatic carbocycles. The lowest BCUT2D eigenvalue weighted by molar-refractivity contribution is -0.384. The summed E-state index contributed by atoms with van der Waals surface area (Å²) in [6.07, 6.45) is -5.38. The lowest BCUT2D eigenvalue weighted by atomic mass is 10.1. The lowest BCUT2D eigenvalue weighted by Crippen LogP contribution is -2.22. The van der Waals surface area contributed by atoms with Crippen LogP contribution in [0.5, 0.6) is 0 Å². The van der Waals surface area contributed by atoms with Crippen LogP contribution in [-0.2, 0) is 26.9 Å². The molecule has 0 saturated heterocycles. The minimum atomic E-state index is -4.81. The number of rotatable bonds is 6. The van der Waals surface area contributed by atoms with Crippen LogP contribution in [0.3, 0.4) is 0 Å². The second-order valence-electron chi connectivity index (χ2n) is 5.57. The maximum atomic E-state index is 13.6. The van der Waals surface area contributed by atoms with E-state index in [1.165, 1.54) is 12.1 Å². The molecule has 0 fully saturated rings. The van der Waals surface area contributed by atoms with Gasteiger partial charge in [0, 0.05) is 16.7 Å². The molecule has 2 rings (SSSR count). The SMILES string of the molecule is O=C(COC(=O)Cc1c(F)cccc1Cl)Nc1ccc(C(F)(F)F)cc1[N+](=O)[O-]. The van der Waals surface area contributed by atoms with Crippen molar-refractivity contribution in [3.05, 3.63) is 68.5 Å². The van der Waals surface area contributed by atoms with Crippen LogP contribution in [0.1, 0.15) is 11.1 Å². The average Bonchev–Trinajstić information content (AvgIpc) is 2.62. The van der Waals surface area contributed by atoms with E-state index < -0.39 is 58.8 Å². The Bertz CT molecular complexity index is 945. The van der Waals surface area contributed by atoms with E-state index in [0.29, 0.717) is 12.1 Å². The number of hydrogen-bond acceptors (Lipinski definition) is 5. The molecule has 29 heavy (non-hydrogen) atoms. The fourth-order valence-corrected chi connectivity index (χ4v) is 2.42. The zero-order chi connectivity index (χ0) is 21.8. The maximum Gasteiger partial charge on any atom is 0.416 e. The molecule has 154 valence electrons. The van der Waals surface area contributed by atoms with Crippen molar-refractivity contribution in [1.29, 1.82) is 0 Å². The number of amides is 1. The second-order valence-corrected chi connectivity index (χ2v) is 5.98. The number of nitro benzene ring substituents is 1. The Morgan fingerprint density at radius 3 is 2.48 bits per heavy atom. The van der Waals surface area contributed by atoms with Gasteiger partial charge in [0.2, 0.25) is 0 Å². The van der Waals surface area contributed by atoms with Gasteiger partial charge in [-0.25, -0.2) is 4.39 Å². The summed E-state index contributed by atoms with van der Waals surface area (Å²) in [5.74, 6) is -2.80. The van der Waals surface area contributed by atoms with Crippen LogP contribution in [0.25, 0.3) is 0 Å². The number of alkyl halides is 3. The van der Waals surface area contributed by atoms with E-state index >= 15 is 0 Å². The van der Waals surface area contributed by atoms with Gasteiger partial charge < -0.3 is 10.1 Å². The number of ether oxygens (including phenoxy) is 1. The molecule has 0 unspecified atom stereocenters. The summed E-state index contributed by atoms with van der Waals surface area (Å²) in [6.45, 7) is -0.900. The van der Waals surface area contributed by atoms with Gasteiger partial charge in [0.1, 0.15) is 11.5 Å². The highest BCUT2D eigenvalue weighted by molar-refractivity contribution is 6.31. The number of nitrogens with zero attached hydrogens (tertiary/aromatic N) is 1. The lowest BCUT2D eigenvalue weighted by Gasteiger charge is -2.10. The number of nitrogens with one attached hydrogen (secondary N) is 1. The summed E-state index contributed by atoms with van der Waals surface area (Å²) < 4.78 is 56.3. The Labute approximate surface area is 165 Å². The minimum Gasteiger partial charge on any atom is -0.455 e. The van der Waals surface area contributed by atoms with Crippen LogP contribution in [0, 0.1) is 15.9 Å². The molecule has 1 N–H and O–H groups in total. The fourth-order valence-electron chi connectivity index (χ4n) is 2.19. The van der Waals surface area contributed by atoms with Crippen molar-refractivity contribution in [1.82, 2.24) is 0 Å². The van der Waals surface area contributed by atoms with Crippen LogP contribution in [-0.4, -0.2) is 23.4 Å². The van der Waals surface area contributed by atoms with E-state index in [9.17, 15) is 37.3 Å². The van der Waals surface area contributed by atoms with Crippen molar-refractivity contribution in [2.75, 3.05) is 11.9 Å². The number of esters is 1. The summed E-state index contributed by atoms with van der Waals surface area (Å²) in [5, 5.41) is 12.9. The molecule has 0 atom stereocenters. The fraction of sp³-hybridized carbons (Fsp3) is 0.176. The van der Waals surface area contributed by atoms with E-state index in [0.717, 1.165) is 6.07 Å². The highest BCUT2D eigenvalue weighted by atomic mass is 35.5. The monoisotopic (exact) mass is 434 g/mol. The standard InChI is InChI=1S/C17H11ClF4N2O5/c18-11-2-1-3-12(19)10(11)7-16(26)29-8-15(25)23-13-5-4-9(17(20,21)22)6-14(13)24(27)28/h1-6H,7-8H2,(H,23,25). The molecule has 12 heteroatoms. The predicted octanol–water partition coefficient (Wildman–Crippen LogP) is 4.13. The van der Waals surface area contributed by atoms with E-state index in [1.807, 2.05) is 5.32 Å². The van der Waals surface area contributed by atoms with Crippen molar-refractivity contribution in [3.8, 4) is 0 Å². The number of hydrogen-bond donors (Lipinski definition) is 1.